The molecule has 0 aliphatic carbocycles. The molecule has 6 nitrogen and oxygen atoms in total. The predicted octanol–water partition coefficient (Wildman–Crippen LogP) is 0.586. The Balaban J connectivity index is 2.56. The van der Waals surface area contributed by atoms with Crippen LogP contribution >= 0.6 is 0 Å². The fourth-order valence-corrected chi connectivity index (χ4v) is 1.28. The summed E-state index contributed by atoms with van der Waals surface area (Å²) in [5.41, 5.74) is 1.76. The van der Waals surface area contributed by atoms with E-state index in [-0.39, 0.29) is 6.54 Å². The van der Waals surface area contributed by atoms with Gasteiger partial charge in [-0.1, -0.05) is 17.7 Å². The summed E-state index contributed by atoms with van der Waals surface area (Å²) in [6.07, 6.45) is -1.60. The molecule has 1 rings (SSSR count). The molecule has 1 aromatic rings. The summed E-state index contributed by atoms with van der Waals surface area (Å²) in [6.45, 7) is 1.61. The third-order valence-corrected chi connectivity index (χ3v) is 2.46. The van der Waals surface area contributed by atoms with Gasteiger partial charge in [-0.05, 0) is 19.1 Å². The SMILES string of the molecule is Cc1ccc(N(C)C(=O)NC[C@H](O)C(=O)O)cc1. The number of urea groups is 1. The zero-order chi connectivity index (χ0) is 13.7. The van der Waals surface area contributed by atoms with Crippen molar-refractivity contribution in [2.75, 3.05) is 18.5 Å². The van der Waals surface area contributed by atoms with Gasteiger partial charge in [0.1, 0.15) is 0 Å². The van der Waals surface area contributed by atoms with Crippen LogP contribution in [-0.2, 0) is 4.79 Å². The summed E-state index contributed by atoms with van der Waals surface area (Å²) in [4.78, 5) is 23.4. The van der Waals surface area contributed by atoms with Crippen LogP contribution in [0.25, 0.3) is 0 Å². The monoisotopic (exact) mass is 252 g/mol. The molecule has 0 spiro atoms. The number of carbonyl (C=O) groups excluding carboxylic acids is 1. The minimum atomic E-state index is -1.60. The van der Waals surface area contributed by atoms with Gasteiger partial charge in [0.2, 0.25) is 0 Å². The Morgan fingerprint density at radius 3 is 2.39 bits per heavy atom. The Bertz CT molecular complexity index is 430. The van der Waals surface area contributed by atoms with E-state index in [0.717, 1.165) is 5.56 Å². The van der Waals surface area contributed by atoms with Crippen LogP contribution in [0.5, 0.6) is 0 Å². The first-order valence-corrected chi connectivity index (χ1v) is 5.41. The highest BCUT2D eigenvalue weighted by Crippen LogP contribution is 2.13. The van der Waals surface area contributed by atoms with Crippen LogP contribution < -0.4 is 10.2 Å². The molecule has 0 aliphatic heterocycles. The van der Waals surface area contributed by atoms with Gasteiger partial charge < -0.3 is 15.5 Å². The number of rotatable bonds is 4. The number of aryl methyl sites for hydroxylation is 1. The molecule has 0 aliphatic rings. The largest absolute Gasteiger partial charge is 0.479 e. The summed E-state index contributed by atoms with van der Waals surface area (Å²) < 4.78 is 0. The van der Waals surface area contributed by atoms with Gasteiger partial charge in [0.05, 0.1) is 6.54 Å². The van der Waals surface area contributed by atoms with Gasteiger partial charge in [-0.15, -0.1) is 0 Å². The summed E-state index contributed by atoms with van der Waals surface area (Å²) >= 11 is 0. The average Bonchev–Trinajstić information content (AvgIpc) is 2.35. The minimum absolute atomic E-state index is 0.329. The summed E-state index contributed by atoms with van der Waals surface area (Å²) in [7, 11) is 1.56. The molecule has 18 heavy (non-hydrogen) atoms. The molecule has 0 radical (unpaired) electrons. The number of benzene rings is 1. The molecular weight excluding hydrogens is 236 g/mol. The maximum atomic E-state index is 11.7. The van der Waals surface area contributed by atoms with E-state index in [1.807, 2.05) is 19.1 Å². The fraction of sp³-hybridized carbons (Fsp3) is 0.333. The molecular formula is C12H16N2O4. The first-order chi connectivity index (χ1) is 8.41. The van der Waals surface area contributed by atoms with Crippen molar-refractivity contribution in [2.24, 2.45) is 0 Å². The number of aliphatic hydroxyl groups is 1. The second kappa shape index (κ2) is 6.02. The molecule has 3 N–H and O–H groups in total. The van der Waals surface area contributed by atoms with E-state index < -0.39 is 18.1 Å². The van der Waals surface area contributed by atoms with E-state index >= 15 is 0 Å². The quantitative estimate of drug-likeness (QED) is 0.731. The van der Waals surface area contributed by atoms with Crippen molar-refractivity contribution in [2.45, 2.75) is 13.0 Å². The van der Waals surface area contributed by atoms with Gasteiger partial charge in [0.25, 0.3) is 0 Å². The first kappa shape index (κ1) is 14.0. The Hall–Kier alpha value is -2.08. The van der Waals surface area contributed by atoms with Crippen LogP contribution in [-0.4, -0.2) is 41.9 Å². The number of nitrogens with one attached hydrogen (secondary N) is 1. The van der Waals surface area contributed by atoms with Crippen LogP contribution in [0.4, 0.5) is 10.5 Å². The molecule has 0 unspecified atom stereocenters. The van der Waals surface area contributed by atoms with Crippen molar-refractivity contribution < 1.29 is 19.8 Å². The van der Waals surface area contributed by atoms with Crippen LogP contribution in [0.2, 0.25) is 0 Å². The lowest BCUT2D eigenvalue weighted by atomic mass is 10.2. The summed E-state index contributed by atoms with van der Waals surface area (Å²) in [5.74, 6) is -1.37. The molecule has 0 aromatic heterocycles. The number of hydrogen-bond donors (Lipinski definition) is 3. The zero-order valence-electron chi connectivity index (χ0n) is 10.3. The first-order valence-electron chi connectivity index (χ1n) is 5.41. The molecule has 0 saturated heterocycles. The standard InChI is InChI=1S/C12H16N2O4/c1-8-3-5-9(6-4-8)14(2)12(18)13-7-10(15)11(16)17/h3-6,10,15H,7H2,1-2H3,(H,13,18)(H,16,17)/t10-/m0/s1. The molecule has 0 fully saturated rings. The highest BCUT2D eigenvalue weighted by atomic mass is 16.4. The Morgan fingerprint density at radius 2 is 1.89 bits per heavy atom. The van der Waals surface area contributed by atoms with Crippen molar-refractivity contribution in [3.63, 3.8) is 0 Å². The Labute approximate surface area is 105 Å². The predicted molar refractivity (Wildman–Crippen MR) is 66.6 cm³/mol. The van der Waals surface area contributed by atoms with Crippen LogP contribution in [0.15, 0.2) is 24.3 Å². The minimum Gasteiger partial charge on any atom is -0.479 e. The Kier molecular flexibility index (Phi) is 4.67. The number of nitrogens with zero attached hydrogens (tertiary/aromatic N) is 1. The third-order valence-electron chi connectivity index (χ3n) is 2.46. The van der Waals surface area contributed by atoms with E-state index in [1.165, 1.54) is 4.90 Å². The molecule has 1 aromatic carbocycles. The van der Waals surface area contributed by atoms with E-state index in [2.05, 4.69) is 5.32 Å². The summed E-state index contributed by atoms with van der Waals surface area (Å²) in [5, 5.41) is 19.8. The molecule has 6 heteroatoms. The van der Waals surface area contributed by atoms with E-state index in [4.69, 9.17) is 10.2 Å². The number of carboxylic acid groups (broad SMARTS) is 1. The lowest BCUT2D eigenvalue weighted by Crippen LogP contribution is -2.43. The fourth-order valence-electron chi connectivity index (χ4n) is 1.28. The number of aliphatic carboxylic acids is 1. The second-order valence-electron chi connectivity index (χ2n) is 3.93. The van der Waals surface area contributed by atoms with Crippen LogP contribution in [0.3, 0.4) is 0 Å². The van der Waals surface area contributed by atoms with Crippen molar-refractivity contribution in [3.05, 3.63) is 29.8 Å². The Morgan fingerprint density at radius 1 is 1.33 bits per heavy atom. The molecule has 0 saturated carbocycles. The smallest absolute Gasteiger partial charge is 0.334 e. The molecule has 1 atom stereocenters. The third kappa shape index (κ3) is 3.74. The van der Waals surface area contributed by atoms with Gasteiger partial charge in [-0.25, -0.2) is 9.59 Å². The van der Waals surface area contributed by atoms with Gasteiger partial charge >= 0.3 is 12.0 Å². The van der Waals surface area contributed by atoms with E-state index in [0.29, 0.717) is 5.69 Å². The van der Waals surface area contributed by atoms with Gasteiger partial charge in [0, 0.05) is 12.7 Å². The van der Waals surface area contributed by atoms with Crippen molar-refractivity contribution >= 4 is 17.7 Å². The van der Waals surface area contributed by atoms with Crippen LogP contribution in [0.1, 0.15) is 5.56 Å². The van der Waals surface area contributed by atoms with E-state index in [1.54, 1.807) is 19.2 Å². The lowest BCUT2D eigenvalue weighted by molar-refractivity contribution is -0.146. The van der Waals surface area contributed by atoms with Gasteiger partial charge in [0.15, 0.2) is 6.10 Å². The second-order valence-corrected chi connectivity index (χ2v) is 3.93. The number of hydrogen-bond acceptors (Lipinski definition) is 3. The van der Waals surface area contributed by atoms with Crippen molar-refractivity contribution in [1.82, 2.24) is 5.32 Å². The van der Waals surface area contributed by atoms with Crippen molar-refractivity contribution in [3.8, 4) is 0 Å². The number of aliphatic hydroxyl groups excluding tert-OH is 1. The lowest BCUT2D eigenvalue weighted by Gasteiger charge is -2.18. The highest BCUT2D eigenvalue weighted by Gasteiger charge is 2.16. The highest BCUT2D eigenvalue weighted by molar-refractivity contribution is 5.91. The number of anilines is 1. The zero-order valence-corrected chi connectivity index (χ0v) is 10.3. The van der Waals surface area contributed by atoms with E-state index in [9.17, 15) is 9.59 Å². The maximum Gasteiger partial charge on any atom is 0.334 e. The normalized spacial score (nSPS) is 11.7. The maximum absolute atomic E-state index is 11.7. The number of carbonyl (C=O) groups is 2. The number of carboxylic acids is 1. The molecule has 2 amide bonds. The molecule has 98 valence electrons. The molecule has 0 bridgehead atoms. The van der Waals surface area contributed by atoms with Gasteiger partial charge in [-0.3, -0.25) is 4.90 Å². The number of amides is 2. The topological polar surface area (TPSA) is 89.9 Å². The van der Waals surface area contributed by atoms with Crippen LogP contribution in [0, 0.1) is 6.92 Å². The summed E-state index contributed by atoms with van der Waals surface area (Å²) in [6, 6.07) is 6.82. The van der Waals surface area contributed by atoms with Crippen molar-refractivity contribution in [1.29, 1.82) is 0 Å². The average molecular weight is 252 g/mol. The molecule has 0 heterocycles. The van der Waals surface area contributed by atoms with Gasteiger partial charge in [-0.2, -0.15) is 0 Å².